The van der Waals surface area contributed by atoms with Crippen LogP contribution in [0.4, 0.5) is 0 Å². The van der Waals surface area contributed by atoms with E-state index in [1.807, 2.05) is 18.3 Å². The number of rotatable bonds is 11. The molecular formula is C59H53N5O. The molecule has 0 aliphatic rings. The lowest BCUT2D eigenvalue weighted by atomic mass is 9.80. The first-order valence-electron chi connectivity index (χ1n) is 23.6. The number of para-hydroxylation sites is 4. The summed E-state index contributed by atoms with van der Waals surface area (Å²) in [5.41, 5.74) is 13.4. The fourth-order valence-corrected chi connectivity index (χ4v) is 12.1. The van der Waals surface area contributed by atoms with Gasteiger partial charge in [0.15, 0.2) is 11.2 Å². The van der Waals surface area contributed by atoms with Gasteiger partial charge in [-0.05, 0) is 104 Å². The molecule has 0 aliphatic carbocycles. The number of benzene rings is 6. The second-order valence-electron chi connectivity index (χ2n) is 18.6. The summed E-state index contributed by atoms with van der Waals surface area (Å²) in [5.74, 6) is 0.539. The number of hydrogen-bond donors (Lipinski definition) is 0. The molecule has 6 heterocycles. The summed E-state index contributed by atoms with van der Waals surface area (Å²) >= 11 is 0. The number of pyridine rings is 2. The molecule has 12 rings (SSSR count). The molecule has 0 saturated heterocycles. The van der Waals surface area contributed by atoms with E-state index in [0.717, 1.165) is 58.2 Å². The van der Waals surface area contributed by atoms with Crippen molar-refractivity contribution in [3.05, 3.63) is 175 Å². The van der Waals surface area contributed by atoms with E-state index in [2.05, 4.69) is 193 Å². The van der Waals surface area contributed by atoms with E-state index in [9.17, 15) is 0 Å². The molecule has 0 spiro atoms. The van der Waals surface area contributed by atoms with Crippen molar-refractivity contribution in [3.8, 4) is 5.69 Å². The predicted molar refractivity (Wildman–Crippen MR) is 272 cm³/mol. The predicted octanol–water partition coefficient (Wildman–Crippen LogP) is 15.8. The van der Waals surface area contributed by atoms with E-state index in [1.165, 1.54) is 78.4 Å². The second-order valence-corrected chi connectivity index (χ2v) is 18.6. The summed E-state index contributed by atoms with van der Waals surface area (Å²) in [6.07, 6.45) is 9.01. The molecule has 0 fully saturated rings. The maximum Gasteiger partial charge on any atom is 0.157 e. The van der Waals surface area contributed by atoms with Crippen molar-refractivity contribution < 1.29 is 4.42 Å². The highest BCUT2D eigenvalue weighted by Gasteiger charge is 2.37. The zero-order valence-electron chi connectivity index (χ0n) is 37.8. The highest BCUT2D eigenvalue weighted by molar-refractivity contribution is 6.12. The smallest absolute Gasteiger partial charge is 0.157 e. The molecule has 320 valence electrons. The standard InChI is InChI=1S/C59H53N5O/c1-6-18-38(4)36-58(5,63-50-24-14-10-19-42(50)43-20-11-15-25-51(43)63)39-28-31-53-47(33-39)45-22-12-16-26-52(45)64(53)59(7-2,8-3)40-29-30-49-46(34-40)44-21-9-13-23-48(44)62(49)41-35-55-57(61-37-41)56-54(65-55)27-17-32-60-56/h9-17,19-35,37-38H,6-8,18,36H2,1-5H3. The van der Waals surface area contributed by atoms with Crippen LogP contribution < -0.4 is 0 Å². The van der Waals surface area contributed by atoms with Crippen molar-refractivity contribution in [1.29, 1.82) is 0 Å². The number of nitrogens with zero attached hydrogens (tertiary/aromatic N) is 5. The molecule has 0 amide bonds. The Bertz CT molecular complexity index is 3750. The molecule has 0 N–H and O–H groups in total. The molecule has 0 aliphatic heterocycles. The Morgan fingerprint density at radius 1 is 0.523 bits per heavy atom. The monoisotopic (exact) mass is 847 g/mol. The molecule has 6 heteroatoms. The largest absolute Gasteiger partial charge is 0.453 e. The van der Waals surface area contributed by atoms with Crippen LogP contribution in [0.2, 0.25) is 0 Å². The van der Waals surface area contributed by atoms with Crippen LogP contribution in [0.3, 0.4) is 0 Å². The van der Waals surface area contributed by atoms with E-state index in [-0.39, 0.29) is 11.1 Å². The first-order chi connectivity index (χ1) is 31.9. The van der Waals surface area contributed by atoms with E-state index < -0.39 is 0 Å². The third-order valence-electron chi connectivity index (χ3n) is 15.0. The Labute approximate surface area is 378 Å². The molecule has 2 unspecified atom stereocenters. The van der Waals surface area contributed by atoms with Crippen molar-refractivity contribution in [2.24, 2.45) is 5.92 Å². The van der Waals surface area contributed by atoms with Crippen LogP contribution in [0.25, 0.3) is 93.3 Å². The molecule has 0 saturated carbocycles. The van der Waals surface area contributed by atoms with Gasteiger partial charge in [0.1, 0.15) is 11.0 Å². The quantitative estimate of drug-likeness (QED) is 0.130. The van der Waals surface area contributed by atoms with Gasteiger partial charge in [-0.25, -0.2) is 4.98 Å². The molecule has 6 nitrogen and oxygen atoms in total. The molecule has 0 bridgehead atoms. The van der Waals surface area contributed by atoms with Crippen LogP contribution in [0.1, 0.15) is 77.8 Å². The summed E-state index contributed by atoms with van der Waals surface area (Å²) in [6.45, 7) is 12.0. The molecule has 12 aromatic rings. The Balaban J connectivity index is 1.06. The molecular weight excluding hydrogens is 795 g/mol. The fraction of sp³-hybridized carbons (Fsp3) is 0.220. The summed E-state index contributed by atoms with van der Waals surface area (Å²) in [4.78, 5) is 9.48. The lowest BCUT2D eigenvalue weighted by molar-refractivity contribution is 0.306. The SMILES string of the molecule is CCCC(C)CC(C)(c1ccc2c(c1)c1ccccc1n2C(CC)(CC)c1ccc2c(c1)c1ccccc1n2-c1cnc2c(c1)oc1cccnc12)n1c2ccccc2c2ccccc21. The van der Waals surface area contributed by atoms with Gasteiger partial charge in [0.25, 0.3) is 0 Å². The van der Waals surface area contributed by atoms with Gasteiger partial charge >= 0.3 is 0 Å². The Hall–Kier alpha value is -7.18. The minimum atomic E-state index is -0.326. The van der Waals surface area contributed by atoms with Gasteiger partial charge < -0.3 is 18.1 Å². The van der Waals surface area contributed by atoms with Gasteiger partial charge in [-0.15, -0.1) is 0 Å². The van der Waals surface area contributed by atoms with Gasteiger partial charge in [0, 0.05) is 66.6 Å². The Morgan fingerprint density at radius 3 is 1.72 bits per heavy atom. The topological polar surface area (TPSA) is 53.7 Å². The maximum absolute atomic E-state index is 6.28. The van der Waals surface area contributed by atoms with E-state index in [0.29, 0.717) is 5.92 Å². The average molecular weight is 848 g/mol. The molecule has 0 radical (unpaired) electrons. The van der Waals surface area contributed by atoms with Crippen molar-refractivity contribution in [2.45, 2.75) is 77.8 Å². The number of aromatic nitrogens is 5. The second kappa shape index (κ2) is 15.0. The Kier molecular flexibility index (Phi) is 9.07. The highest BCUT2D eigenvalue weighted by Crippen LogP contribution is 2.47. The number of furan rings is 1. The van der Waals surface area contributed by atoms with Crippen LogP contribution in [-0.2, 0) is 11.1 Å². The third kappa shape index (κ3) is 5.72. The first kappa shape index (κ1) is 39.4. The van der Waals surface area contributed by atoms with Gasteiger partial charge in [-0.1, -0.05) is 125 Å². The summed E-state index contributed by atoms with van der Waals surface area (Å²) in [5, 5.41) is 7.66. The average Bonchev–Trinajstić information content (AvgIpc) is 4.09. The van der Waals surface area contributed by atoms with Crippen molar-refractivity contribution in [1.82, 2.24) is 23.7 Å². The van der Waals surface area contributed by atoms with Crippen LogP contribution >= 0.6 is 0 Å². The minimum absolute atomic E-state index is 0.304. The van der Waals surface area contributed by atoms with Crippen LogP contribution in [0.15, 0.2) is 168 Å². The van der Waals surface area contributed by atoms with Crippen molar-refractivity contribution in [2.75, 3.05) is 0 Å². The van der Waals surface area contributed by atoms with Crippen LogP contribution in [0, 0.1) is 5.92 Å². The first-order valence-corrected chi connectivity index (χ1v) is 23.6. The van der Waals surface area contributed by atoms with Crippen molar-refractivity contribution in [3.63, 3.8) is 0 Å². The number of hydrogen-bond acceptors (Lipinski definition) is 3. The molecule has 65 heavy (non-hydrogen) atoms. The summed E-state index contributed by atoms with van der Waals surface area (Å²) in [6, 6.07) is 56.4. The van der Waals surface area contributed by atoms with Gasteiger partial charge in [0.2, 0.25) is 0 Å². The highest BCUT2D eigenvalue weighted by atomic mass is 16.3. The maximum atomic E-state index is 6.28. The zero-order valence-corrected chi connectivity index (χ0v) is 37.8. The van der Waals surface area contributed by atoms with Gasteiger partial charge in [-0.3, -0.25) is 4.98 Å². The molecule has 6 aromatic heterocycles. The van der Waals surface area contributed by atoms with Crippen LogP contribution in [-0.4, -0.2) is 23.7 Å². The molecule has 6 aromatic carbocycles. The van der Waals surface area contributed by atoms with E-state index >= 15 is 0 Å². The summed E-state index contributed by atoms with van der Waals surface area (Å²) in [7, 11) is 0. The van der Waals surface area contributed by atoms with Crippen molar-refractivity contribution >= 4 is 87.6 Å². The lowest BCUT2D eigenvalue weighted by Crippen LogP contribution is -2.34. The number of fused-ring (bicyclic) bond motifs is 12. The minimum Gasteiger partial charge on any atom is -0.453 e. The normalized spacial score (nSPS) is 14.0. The van der Waals surface area contributed by atoms with Gasteiger partial charge in [0.05, 0.1) is 34.0 Å². The molecule has 2 atom stereocenters. The summed E-state index contributed by atoms with van der Waals surface area (Å²) < 4.78 is 14.0. The van der Waals surface area contributed by atoms with E-state index in [4.69, 9.17) is 9.40 Å². The third-order valence-corrected chi connectivity index (χ3v) is 15.0. The Morgan fingerprint density at radius 2 is 1.05 bits per heavy atom. The van der Waals surface area contributed by atoms with Crippen LogP contribution in [0.5, 0.6) is 0 Å². The zero-order chi connectivity index (χ0) is 44.0. The van der Waals surface area contributed by atoms with Gasteiger partial charge in [-0.2, -0.15) is 0 Å². The fourth-order valence-electron chi connectivity index (χ4n) is 12.1. The lowest BCUT2D eigenvalue weighted by Gasteiger charge is -2.37. The van der Waals surface area contributed by atoms with E-state index in [1.54, 1.807) is 6.20 Å².